The molecule has 0 spiro atoms. The van der Waals surface area contributed by atoms with Gasteiger partial charge in [-0.2, -0.15) is 0 Å². The van der Waals surface area contributed by atoms with Crippen molar-refractivity contribution in [2.75, 3.05) is 39.3 Å². The molecule has 1 aliphatic carbocycles. The number of hydrogen-bond acceptors (Lipinski definition) is 4. The summed E-state index contributed by atoms with van der Waals surface area (Å²) >= 11 is 0. The van der Waals surface area contributed by atoms with E-state index < -0.39 is 0 Å². The van der Waals surface area contributed by atoms with Crippen LogP contribution in [0.2, 0.25) is 0 Å². The lowest BCUT2D eigenvalue weighted by molar-refractivity contribution is 0.0960. The molecule has 2 aliphatic heterocycles. The Morgan fingerprint density at radius 1 is 1.00 bits per heavy atom. The van der Waals surface area contributed by atoms with Gasteiger partial charge in [-0.3, -0.25) is 9.80 Å². The first-order valence-corrected chi connectivity index (χ1v) is 9.58. The fourth-order valence-corrected chi connectivity index (χ4v) is 4.61. The van der Waals surface area contributed by atoms with Crippen LogP contribution in [0.5, 0.6) is 0 Å². The van der Waals surface area contributed by atoms with Crippen molar-refractivity contribution in [3.05, 3.63) is 18.2 Å². The maximum Gasteiger partial charge on any atom is 0.0951 e. The molecule has 3 heterocycles. The van der Waals surface area contributed by atoms with Crippen molar-refractivity contribution in [3.63, 3.8) is 0 Å². The molecule has 0 aromatic carbocycles. The topological polar surface area (TPSA) is 36.3 Å². The molecule has 2 saturated heterocycles. The number of imidazole rings is 1. The van der Waals surface area contributed by atoms with Gasteiger partial charge in [0.1, 0.15) is 0 Å². The van der Waals surface area contributed by atoms with Gasteiger partial charge >= 0.3 is 0 Å². The summed E-state index contributed by atoms with van der Waals surface area (Å²) in [6, 6.07) is 1.48. The normalized spacial score (nSPS) is 28.4. The van der Waals surface area contributed by atoms with Gasteiger partial charge in [0.05, 0.1) is 12.0 Å². The molecule has 5 nitrogen and oxygen atoms in total. The third kappa shape index (κ3) is 3.62. The molecule has 4 rings (SSSR count). The Labute approximate surface area is 140 Å². The number of nitrogens with one attached hydrogen (secondary N) is 1. The lowest BCUT2D eigenvalue weighted by Crippen LogP contribution is -2.50. The number of hydrogen-bond donors (Lipinski definition) is 1. The molecule has 1 aromatic rings. The highest BCUT2D eigenvalue weighted by Gasteiger charge is 2.26. The van der Waals surface area contributed by atoms with E-state index in [4.69, 9.17) is 0 Å². The molecule has 0 amide bonds. The van der Waals surface area contributed by atoms with E-state index >= 15 is 0 Å². The van der Waals surface area contributed by atoms with Gasteiger partial charge in [0.15, 0.2) is 0 Å². The van der Waals surface area contributed by atoms with Crippen LogP contribution < -0.4 is 5.32 Å². The van der Waals surface area contributed by atoms with Crippen LogP contribution in [0.1, 0.15) is 50.3 Å². The van der Waals surface area contributed by atoms with E-state index in [1.54, 1.807) is 0 Å². The van der Waals surface area contributed by atoms with Crippen LogP contribution in [0.25, 0.3) is 0 Å². The molecule has 23 heavy (non-hydrogen) atoms. The molecule has 1 unspecified atom stereocenters. The molecule has 3 aliphatic rings. The minimum atomic E-state index is 0.701. The van der Waals surface area contributed by atoms with Crippen LogP contribution >= 0.6 is 0 Å². The van der Waals surface area contributed by atoms with Crippen LogP contribution in [-0.2, 0) is 6.54 Å². The maximum absolute atomic E-state index is 4.46. The first kappa shape index (κ1) is 15.6. The second kappa shape index (κ2) is 7.32. The summed E-state index contributed by atoms with van der Waals surface area (Å²) in [6.45, 7) is 8.32. The van der Waals surface area contributed by atoms with Gasteiger partial charge in [0.2, 0.25) is 0 Å². The van der Waals surface area contributed by atoms with Crippen LogP contribution in [-0.4, -0.2) is 64.7 Å². The molecule has 128 valence electrons. The third-order valence-corrected chi connectivity index (χ3v) is 6.06. The summed E-state index contributed by atoms with van der Waals surface area (Å²) < 4.78 is 2.48. The van der Waals surface area contributed by atoms with Gasteiger partial charge < -0.3 is 9.88 Å². The van der Waals surface area contributed by atoms with Gasteiger partial charge in [-0.25, -0.2) is 4.98 Å². The SMILES string of the molecule is c1ncn(C2CCCCC2)c1CN1CCN(C2CCNC2)CC1. The maximum atomic E-state index is 4.46. The lowest BCUT2D eigenvalue weighted by Gasteiger charge is -2.38. The molecule has 0 bridgehead atoms. The van der Waals surface area contributed by atoms with E-state index in [1.807, 2.05) is 0 Å². The lowest BCUT2D eigenvalue weighted by atomic mass is 9.95. The quantitative estimate of drug-likeness (QED) is 0.920. The highest BCUT2D eigenvalue weighted by molar-refractivity contribution is 5.01. The molecule has 5 heteroatoms. The van der Waals surface area contributed by atoms with E-state index in [0.29, 0.717) is 6.04 Å². The fraction of sp³-hybridized carbons (Fsp3) is 0.833. The van der Waals surface area contributed by atoms with Crippen molar-refractivity contribution in [1.82, 2.24) is 24.7 Å². The molecule has 1 atom stereocenters. The Kier molecular flexibility index (Phi) is 4.97. The van der Waals surface area contributed by atoms with Crippen LogP contribution in [0.3, 0.4) is 0 Å². The second-order valence-electron chi connectivity index (χ2n) is 7.54. The standard InChI is InChI=1S/C18H31N5/c1-2-4-16(5-3-1)23-15-20-13-18(23)14-21-8-10-22(11-9-21)17-6-7-19-12-17/h13,15-17,19H,1-12,14H2. The Bertz CT molecular complexity index is 479. The largest absolute Gasteiger partial charge is 0.330 e. The zero-order valence-corrected chi connectivity index (χ0v) is 14.3. The minimum absolute atomic E-state index is 0.701. The van der Waals surface area contributed by atoms with Gasteiger partial charge in [-0.15, -0.1) is 0 Å². The predicted molar refractivity (Wildman–Crippen MR) is 92.5 cm³/mol. The summed E-state index contributed by atoms with van der Waals surface area (Å²) in [7, 11) is 0. The van der Waals surface area contributed by atoms with Crippen LogP contribution in [0.4, 0.5) is 0 Å². The first-order chi connectivity index (χ1) is 11.4. The molecule has 1 N–H and O–H groups in total. The van der Waals surface area contributed by atoms with Gasteiger partial charge in [-0.05, 0) is 25.8 Å². The van der Waals surface area contributed by atoms with E-state index in [-0.39, 0.29) is 0 Å². The average Bonchev–Trinajstić information content (AvgIpc) is 3.28. The first-order valence-electron chi connectivity index (χ1n) is 9.58. The highest BCUT2D eigenvalue weighted by Crippen LogP contribution is 2.29. The number of nitrogens with zero attached hydrogens (tertiary/aromatic N) is 4. The smallest absolute Gasteiger partial charge is 0.0951 e. The van der Waals surface area contributed by atoms with E-state index in [2.05, 4.69) is 37.2 Å². The van der Waals surface area contributed by atoms with E-state index in [0.717, 1.165) is 12.6 Å². The predicted octanol–water partition coefficient (Wildman–Crippen LogP) is 1.87. The van der Waals surface area contributed by atoms with Crippen LogP contribution in [0.15, 0.2) is 12.5 Å². The summed E-state index contributed by atoms with van der Waals surface area (Å²) in [5.41, 5.74) is 1.42. The minimum Gasteiger partial charge on any atom is -0.330 e. The van der Waals surface area contributed by atoms with Crippen molar-refractivity contribution >= 4 is 0 Å². The van der Waals surface area contributed by atoms with Crippen molar-refractivity contribution < 1.29 is 0 Å². The summed E-state index contributed by atoms with van der Waals surface area (Å²) in [4.78, 5) is 9.77. The zero-order chi connectivity index (χ0) is 15.5. The Hall–Kier alpha value is -0.910. The molecule has 3 fully saturated rings. The summed E-state index contributed by atoms with van der Waals surface area (Å²) in [5, 5.41) is 3.49. The van der Waals surface area contributed by atoms with Gasteiger partial charge in [0, 0.05) is 57.5 Å². The molecular weight excluding hydrogens is 286 g/mol. The Morgan fingerprint density at radius 3 is 2.57 bits per heavy atom. The molecule has 0 radical (unpaired) electrons. The van der Waals surface area contributed by atoms with Crippen molar-refractivity contribution in [3.8, 4) is 0 Å². The average molecular weight is 317 g/mol. The van der Waals surface area contributed by atoms with Crippen molar-refractivity contribution in [1.29, 1.82) is 0 Å². The fourth-order valence-electron chi connectivity index (χ4n) is 4.61. The van der Waals surface area contributed by atoms with Crippen molar-refractivity contribution in [2.24, 2.45) is 0 Å². The second-order valence-corrected chi connectivity index (χ2v) is 7.54. The van der Waals surface area contributed by atoms with Gasteiger partial charge in [0.25, 0.3) is 0 Å². The molecule has 1 aromatic heterocycles. The highest BCUT2D eigenvalue weighted by atomic mass is 15.3. The van der Waals surface area contributed by atoms with E-state index in [1.165, 1.54) is 83.5 Å². The summed E-state index contributed by atoms with van der Waals surface area (Å²) in [6.07, 6.45) is 12.4. The van der Waals surface area contributed by atoms with Crippen LogP contribution in [0, 0.1) is 0 Å². The molecule has 1 saturated carbocycles. The number of aromatic nitrogens is 2. The number of rotatable bonds is 4. The van der Waals surface area contributed by atoms with Crippen molar-refractivity contribution in [2.45, 2.75) is 57.2 Å². The van der Waals surface area contributed by atoms with E-state index in [9.17, 15) is 0 Å². The monoisotopic (exact) mass is 317 g/mol. The number of piperazine rings is 1. The summed E-state index contributed by atoms with van der Waals surface area (Å²) in [5.74, 6) is 0. The molecular formula is C18H31N5. The Balaban J connectivity index is 1.32. The van der Waals surface area contributed by atoms with Gasteiger partial charge in [-0.1, -0.05) is 19.3 Å². The third-order valence-electron chi connectivity index (χ3n) is 6.06. The zero-order valence-electron chi connectivity index (χ0n) is 14.3. The Morgan fingerprint density at radius 2 is 1.83 bits per heavy atom.